The monoisotopic (exact) mass is 480 g/mol. The molecule has 3 aromatic rings. The highest BCUT2D eigenvalue weighted by Crippen LogP contribution is 2.29. The van der Waals surface area contributed by atoms with Crippen LogP contribution in [0.25, 0.3) is 10.8 Å². The quantitative estimate of drug-likeness (QED) is 0.426. The third kappa shape index (κ3) is 7.06. The predicted octanol–water partition coefficient (Wildman–Crippen LogP) is 5.21. The molecule has 0 aromatic heterocycles. The van der Waals surface area contributed by atoms with E-state index in [-0.39, 0.29) is 37.2 Å². The summed E-state index contributed by atoms with van der Waals surface area (Å²) in [5, 5.41) is 5.92. The molecule has 32 heavy (non-hydrogen) atoms. The molecule has 0 bridgehead atoms. The Bertz CT molecular complexity index is 968. The van der Waals surface area contributed by atoms with Crippen LogP contribution in [-0.4, -0.2) is 44.3 Å². The first kappa shape index (κ1) is 26.4. The van der Waals surface area contributed by atoms with Gasteiger partial charge in [0.15, 0.2) is 0 Å². The van der Waals surface area contributed by atoms with E-state index in [9.17, 15) is 4.39 Å². The van der Waals surface area contributed by atoms with Crippen LogP contribution in [0.3, 0.4) is 0 Å². The molecule has 0 amide bonds. The Labute approximate surface area is 201 Å². The zero-order valence-corrected chi connectivity index (χ0v) is 19.7. The van der Waals surface area contributed by atoms with Crippen molar-refractivity contribution >= 4 is 35.6 Å². The molecule has 1 heterocycles. The molecule has 0 atom stereocenters. The van der Waals surface area contributed by atoms with E-state index in [1.807, 2.05) is 24.3 Å². The van der Waals surface area contributed by atoms with Gasteiger partial charge < -0.3 is 14.8 Å². The molecule has 3 aromatic carbocycles. The topological polar surface area (TPSA) is 33.7 Å². The molecule has 0 radical (unpaired) electrons. The summed E-state index contributed by atoms with van der Waals surface area (Å²) in [6.07, 6.45) is 1.09. The van der Waals surface area contributed by atoms with Gasteiger partial charge in [0.25, 0.3) is 0 Å². The van der Waals surface area contributed by atoms with Crippen LogP contribution >= 0.6 is 24.8 Å². The van der Waals surface area contributed by atoms with Crippen LogP contribution in [0.2, 0.25) is 0 Å². The molecule has 1 saturated heterocycles. The lowest BCUT2D eigenvalue weighted by atomic mass is 10.0. The second kappa shape index (κ2) is 13.6. The molecule has 0 spiro atoms. The number of halogens is 3. The third-order valence-corrected chi connectivity index (χ3v) is 5.57. The fourth-order valence-corrected chi connectivity index (χ4v) is 3.87. The molecule has 4 nitrogen and oxygen atoms in total. The van der Waals surface area contributed by atoms with E-state index in [0.717, 1.165) is 63.7 Å². The summed E-state index contributed by atoms with van der Waals surface area (Å²) in [6, 6.07) is 19.1. The van der Waals surface area contributed by atoms with Gasteiger partial charge in [-0.1, -0.05) is 48.5 Å². The standard InChI is InChI=1S/C25H29FN2O2.2ClH/c26-24-9-4-2-7-21(24)19-30-25-11-10-20-6-1-3-8-22(20)23(25)18-27-12-5-13-28-14-16-29-17-15-28;;/h1-4,6-11,27H,5,12-19H2;2*1H. The minimum Gasteiger partial charge on any atom is -0.488 e. The average molecular weight is 481 g/mol. The summed E-state index contributed by atoms with van der Waals surface area (Å²) in [4.78, 5) is 2.45. The Balaban J connectivity index is 0.00000181. The lowest BCUT2D eigenvalue weighted by Gasteiger charge is -2.26. The molecule has 0 saturated carbocycles. The molecular weight excluding hydrogens is 450 g/mol. The van der Waals surface area contributed by atoms with E-state index in [4.69, 9.17) is 9.47 Å². The van der Waals surface area contributed by atoms with Crippen LogP contribution in [0.4, 0.5) is 4.39 Å². The molecule has 1 aliphatic heterocycles. The number of hydrogen-bond donors (Lipinski definition) is 1. The van der Waals surface area contributed by atoms with Crippen LogP contribution in [0, 0.1) is 5.82 Å². The molecule has 1 aliphatic rings. The first-order valence-electron chi connectivity index (χ1n) is 10.7. The minimum atomic E-state index is -0.235. The average Bonchev–Trinajstić information content (AvgIpc) is 2.79. The molecule has 1 fully saturated rings. The second-order valence-electron chi connectivity index (χ2n) is 7.63. The number of nitrogens with zero attached hydrogens (tertiary/aromatic N) is 1. The Hall–Kier alpha value is -1.89. The molecule has 7 heteroatoms. The van der Waals surface area contributed by atoms with Crippen molar-refractivity contribution in [3.05, 3.63) is 77.6 Å². The van der Waals surface area contributed by atoms with Crippen molar-refractivity contribution in [2.24, 2.45) is 0 Å². The highest BCUT2D eigenvalue weighted by molar-refractivity contribution is 5.87. The van der Waals surface area contributed by atoms with Gasteiger partial charge in [-0.15, -0.1) is 24.8 Å². The fraction of sp³-hybridized carbons (Fsp3) is 0.360. The van der Waals surface area contributed by atoms with E-state index in [0.29, 0.717) is 5.56 Å². The van der Waals surface area contributed by atoms with Gasteiger partial charge in [-0.3, -0.25) is 4.90 Å². The van der Waals surface area contributed by atoms with E-state index >= 15 is 0 Å². The number of hydrogen-bond acceptors (Lipinski definition) is 4. The smallest absolute Gasteiger partial charge is 0.129 e. The molecule has 0 aliphatic carbocycles. The lowest BCUT2D eigenvalue weighted by molar-refractivity contribution is 0.0374. The Morgan fingerprint density at radius 3 is 2.50 bits per heavy atom. The first-order valence-corrected chi connectivity index (χ1v) is 10.7. The Morgan fingerprint density at radius 1 is 0.938 bits per heavy atom. The van der Waals surface area contributed by atoms with Gasteiger partial charge in [0, 0.05) is 30.8 Å². The van der Waals surface area contributed by atoms with Gasteiger partial charge in [-0.05, 0) is 42.4 Å². The summed E-state index contributed by atoms with van der Waals surface area (Å²) in [5.41, 5.74) is 1.69. The highest BCUT2D eigenvalue weighted by atomic mass is 35.5. The number of nitrogens with one attached hydrogen (secondary N) is 1. The van der Waals surface area contributed by atoms with Gasteiger partial charge in [0.05, 0.1) is 13.2 Å². The number of benzene rings is 3. The maximum Gasteiger partial charge on any atom is 0.129 e. The van der Waals surface area contributed by atoms with Crippen molar-refractivity contribution in [1.82, 2.24) is 10.2 Å². The summed E-state index contributed by atoms with van der Waals surface area (Å²) in [7, 11) is 0. The zero-order chi connectivity index (χ0) is 20.6. The molecule has 4 rings (SSSR count). The van der Waals surface area contributed by atoms with Crippen LogP contribution in [0.5, 0.6) is 5.75 Å². The fourth-order valence-electron chi connectivity index (χ4n) is 3.87. The Kier molecular flexibility index (Phi) is 11.2. The highest BCUT2D eigenvalue weighted by Gasteiger charge is 2.12. The SMILES string of the molecule is Cl.Cl.Fc1ccccc1COc1ccc2ccccc2c1CNCCCN1CCOCC1. The van der Waals surface area contributed by atoms with Crippen LogP contribution in [0.1, 0.15) is 17.5 Å². The molecule has 0 unspecified atom stereocenters. The normalized spacial score (nSPS) is 13.9. The van der Waals surface area contributed by atoms with Crippen molar-refractivity contribution in [3.8, 4) is 5.75 Å². The maximum absolute atomic E-state index is 14.0. The van der Waals surface area contributed by atoms with Gasteiger partial charge in [0.1, 0.15) is 18.2 Å². The van der Waals surface area contributed by atoms with Crippen molar-refractivity contribution in [2.75, 3.05) is 39.4 Å². The zero-order valence-electron chi connectivity index (χ0n) is 18.1. The van der Waals surface area contributed by atoms with Crippen LogP contribution < -0.4 is 10.1 Å². The molecular formula is C25H31Cl2FN2O2. The largest absolute Gasteiger partial charge is 0.488 e. The van der Waals surface area contributed by atoms with Gasteiger partial charge >= 0.3 is 0 Å². The predicted molar refractivity (Wildman–Crippen MR) is 133 cm³/mol. The minimum absolute atomic E-state index is 0. The summed E-state index contributed by atoms with van der Waals surface area (Å²) < 4.78 is 25.5. The van der Waals surface area contributed by atoms with Gasteiger partial charge in [-0.2, -0.15) is 0 Å². The first-order chi connectivity index (χ1) is 14.8. The number of rotatable bonds is 9. The summed E-state index contributed by atoms with van der Waals surface area (Å²) in [5.74, 6) is 0.568. The van der Waals surface area contributed by atoms with Crippen molar-refractivity contribution in [2.45, 2.75) is 19.6 Å². The second-order valence-corrected chi connectivity index (χ2v) is 7.63. The third-order valence-electron chi connectivity index (χ3n) is 5.57. The molecule has 1 N–H and O–H groups in total. The van der Waals surface area contributed by atoms with Crippen molar-refractivity contribution in [1.29, 1.82) is 0 Å². The summed E-state index contributed by atoms with van der Waals surface area (Å²) in [6.45, 7) is 6.69. The van der Waals surface area contributed by atoms with Crippen LogP contribution in [-0.2, 0) is 17.9 Å². The van der Waals surface area contributed by atoms with E-state index in [2.05, 4.69) is 28.4 Å². The van der Waals surface area contributed by atoms with Crippen LogP contribution in [0.15, 0.2) is 60.7 Å². The number of fused-ring (bicyclic) bond motifs is 1. The van der Waals surface area contributed by atoms with Gasteiger partial charge in [0.2, 0.25) is 0 Å². The summed E-state index contributed by atoms with van der Waals surface area (Å²) >= 11 is 0. The number of ether oxygens (including phenoxy) is 2. The number of morpholine rings is 1. The van der Waals surface area contributed by atoms with E-state index < -0.39 is 0 Å². The maximum atomic E-state index is 14.0. The van der Waals surface area contributed by atoms with Crippen molar-refractivity contribution in [3.63, 3.8) is 0 Å². The molecule has 174 valence electrons. The van der Waals surface area contributed by atoms with Crippen molar-refractivity contribution < 1.29 is 13.9 Å². The lowest BCUT2D eigenvalue weighted by Crippen LogP contribution is -2.37. The Morgan fingerprint density at radius 2 is 1.69 bits per heavy atom. The van der Waals surface area contributed by atoms with Gasteiger partial charge in [-0.25, -0.2) is 4.39 Å². The van der Waals surface area contributed by atoms with E-state index in [1.165, 1.54) is 16.8 Å². The van der Waals surface area contributed by atoms with E-state index in [1.54, 1.807) is 12.1 Å².